The molecule has 4 rings (SSSR count). The quantitative estimate of drug-likeness (QED) is 0.408. The van der Waals surface area contributed by atoms with E-state index < -0.39 is 17.0 Å². The highest BCUT2D eigenvalue weighted by Gasteiger charge is 2.32. The Bertz CT molecular complexity index is 1050. The van der Waals surface area contributed by atoms with Crippen molar-refractivity contribution in [2.24, 2.45) is 5.41 Å². The van der Waals surface area contributed by atoms with E-state index in [2.05, 4.69) is 27.0 Å². The largest absolute Gasteiger partial charge is 0.383 e. The first-order chi connectivity index (χ1) is 17.5. The van der Waals surface area contributed by atoms with Crippen LogP contribution in [0, 0.1) is 28.4 Å². The van der Waals surface area contributed by atoms with Crippen molar-refractivity contribution in [2.45, 2.75) is 50.6 Å². The lowest BCUT2D eigenvalue weighted by molar-refractivity contribution is 0.0456. The van der Waals surface area contributed by atoms with Gasteiger partial charge >= 0.3 is 0 Å². The second-order valence-corrected chi connectivity index (χ2v) is 9.74. The Kier molecular flexibility index (Phi) is 9.08. The lowest BCUT2D eigenvalue weighted by Crippen LogP contribution is -2.38. The molecular formula is C27H35F2N5O2. The Balaban J connectivity index is 1.42. The Labute approximate surface area is 211 Å². The van der Waals surface area contributed by atoms with E-state index in [1.807, 2.05) is 0 Å². The summed E-state index contributed by atoms with van der Waals surface area (Å²) in [6, 6.07) is 9.23. The van der Waals surface area contributed by atoms with E-state index in [1.165, 1.54) is 6.07 Å². The number of methoxy groups -OCH3 is 1. The minimum Gasteiger partial charge on any atom is -0.383 e. The van der Waals surface area contributed by atoms with Crippen LogP contribution in [0.1, 0.15) is 38.5 Å². The topological polar surface area (TPSA) is 91.2 Å². The van der Waals surface area contributed by atoms with Crippen LogP contribution < -0.4 is 16.0 Å². The second-order valence-electron chi connectivity index (χ2n) is 9.74. The van der Waals surface area contributed by atoms with Crippen molar-refractivity contribution in [3.8, 4) is 17.2 Å². The third kappa shape index (κ3) is 6.69. The van der Waals surface area contributed by atoms with Gasteiger partial charge < -0.3 is 25.4 Å². The Morgan fingerprint density at radius 1 is 1.08 bits per heavy atom. The van der Waals surface area contributed by atoms with Crippen LogP contribution in [-0.4, -0.2) is 57.1 Å². The van der Waals surface area contributed by atoms with Crippen molar-refractivity contribution >= 4 is 11.5 Å². The minimum absolute atomic E-state index is 0.157. The number of benzene rings is 1. The van der Waals surface area contributed by atoms with E-state index in [9.17, 15) is 14.0 Å². The highest BCUT2D eigenvalue weighted by molar-refractivity contribution is 5.71. The summed E-state index contributed by atoms with van der Waals surface area (Å²) in [5, 5.41) is 19.8. The Hall–Kier alpha value is -2.80. The highest BCUT2D eigenvalue weighted by atomic mass is 19.1. The fourth-order valence-electron chi connectivity index (χ4n) is 4.94. The van der Waals surface area contributed by atoms with Gasteiger partial charge in [-0.3, -0.25) is 0 Å². The van der Waals surface area contributed by atoms with Gasteiger partial charge in [0.2, 0.25) is 0 Å². The monoisotopic (exact) mass is 499 g/mol. The molecule has 36 heavy (non-hydrogen) atoms. The van der Waals surface area contributed by atoms with Gasteiger partial charge in [-0.1, -0.05) is 0 Å². The molecule has 1 aliphatic heterocycles. The van der Waals surface area contributed by atoms with Gasteiger partial charge in [0, 0.05) is 62.3 Å². The Morgan fingerprint density at radius 3 is 2.53 bits per heavy atom. The number of nitrogens with one attached hydrogen (secondary N) is 3. The van der Waals surface area contributed by atoms with Crippen molar-refractivity contribution in [2.75, 3.05) is 50.7 Å². The number of hydrogen-bond donors (Lipinski definition) is 3. The number of halogens is 2. The number of nitrogens with zero attached hydrogens (tertiary/aromatic N) is 2. The molecule has 0 bridgehead atoms. The minimum atomic E-state index is -0.583. The van der Waals surface area contributed by atoms with Crippen LogP contribution in [0.5, 0.6) is 0 Å². The first-order valence-corrected chi connectivity index (χ1v) is 12.7. The molecule has 7 nitrogen and oxygen atoms in total. The van der Waals surface area contributed by atoms with Gasteiger partial charge in [0.15, 0.2) is 0 Å². The molecule has 0 amide bonds. The summed E-state index contributed by atoms with van der Waals surface area (Å²) >= 11 is 0. The number of ether oxygens (including phenoxy) is 2. The van der Waals surface area contributed by atoms with E-state index in [0.717, 1.165) is 38.4 Å². The lowest BCUT2D eigenvalue weighted by Gasteiger charge is -2.31. The van der Waals surface area contributed by atoms with Crippen molar-refractivity contribution < 1.29 is 18.3 Å². The lowest BCUT2D eigenvalue weighted by atomic mass is 9.81. The van der Waals surface area contributed by atoms with E-state index in [-0.39, 0.29) is 17.2 Å². The summed E-state index contributed by atoms with van der Waals surface area (Å²) in [5.74, 6) is -0.563. The highest BCUT2D eigenvalue weighted by Crippen LogP contribution is 2.33. The molecule has 1 saturated heterocycles. The van der Waals surface area contributed by atoms with Gasteiger partial charge in [-0.2, -0.15) is 5.26 Å². The second kappa shape index (κ2) is 12.4. The van der Waals surface area contributed by atoms with Crippen LogP contribution in [0.3, 0.4) is 0 Å². The van der Waals surface area contributed by atoms with Gasteiger partial charge in [-0.15, -0.1) is 0 Å². The van der Waals surface area contributed by atoms with Gasteiger partial charge in [0.1, 0.15) is 17.5 Å². The molecule has 1 aromatic carbocycles. The number of nitriles is 1. The summed E-state index contributed by atoms with van der Waals surface area (Å²) in [7, 11) is 1.70. The zero-order valence-corrected chi connectivity index (χ0v) is 20.8. The molecule has 0 unspecified atom stereocenters. The average Bonchev–Trinajstić information content (AvgIpc) is 2.91. The first-order valence-electron chi connectivity index (χ1n) is 12.7. The molecule has 2 fully saturated rings. The molecule has 0 radical (unpaired) electrons. The number of pyridine rings is 1. The summed E-state index contributed by atoms with van der Waals surface area (Å²) in [4.78, 5) is 4.20. The number of hydrogen-bond acceptors (Lipinski definition) is 7. The molecule has 9 heteroatoms. The maximum atomic E-state index is 14.8. The van der Waals surface area contributed by atoms with E-state index in [4.69, 9.17) is 9.47 Å². The smallest absolute Gasteiger partial charge is 0.149 e. The van der Waals surface area contributed by atoms with Gasteiger partial charge in [-0.05, 0) is 62.8 Å². The van der Waals surface area contributed by atoms with Crippen molar-refractivity contribution in [3.05, 3.63) is 42.1 Å². The SMILES string of the molecule is COCCNC1CCC(Nc2cc(-c3cc(NCC4(C#N)CCOCC4)ccc3F)c(F)cn2)CC1. The molecule has 2 heterocycles. The van der Waals surface area contributed by atoms with Gasteiger partial charge in [-0.25, -0.2) is 13.8 Å². The van der Waals surface area contributed by atoms with Crippen LogP contribution in [-0.2, 0) is 9.47 Å². The first kappa shape index (κ1) is 26.3. The van der Waals surface area contributed by atoms with Crippen molar-refractivity contribution in [1.82, 2.24) is 10.3 Å². The van der Waals surface area contributed by atoms with Crippen LogP contribution >= 0.6 is 0 Å². The van der Waals surface area contributed by atoms with E-state index in [1.54, 1.807) is 25.3 Å². The zero-order valence-electron chi connectivity index (χ0n) is 20.8. The van der Waals surface area contributed by atoms with E-state index >= 15 is 0 Å². The molecule has 1 saturated carbocycles. The van der Waals surface area contributed by atoms with Gasteiger partial charge in [0.25, 0.3) is 0 Å². The van der Waals surface area contributed by atoms with Gasteiger partial charge in [0.05, 0.1) is 24.3 Å². The summed E-state index contributed by atoms with van der Waals surface area (Å²) in [6.07, 6.45) is 6.44. The van der Waals surface area contributed by atoms with Crippen molar-refractivity contribution in [1.29, 1.82) is 5.26 Å². The predicted octanol–water partition coefficient (Wildman–Crippen LogP) is 4.72. The average molecular weight is 500 g/mol. The third-order valence-electron chi connectivity index (χ3n) is 7.25. The fourth-order valence-corrected chi connectivity index (χ4v) is 4.94. The normalized spacial score (nSPS) is 21.5. The molecule has 2 aromatic rings. The maximum absolute atomic E-state index is 14.8. The molecule has 3 N–H and O–H groups in total. The Morgan fingerprint density at radius 2 is 1.81 bits per heavy atom. The number of anilines is 2. The molecule has 194 valence electrons. The van der Waals surface area contributed by atoms with Crippen LogP contribution in [0.2, 0.25) is 0 Å². The maximum Gasteiger partial charge on any atom is 0.149 e. The molecule has 0 spiro atoms. The predicted molar refractivity (Wildman–Crippen MR) is 136 cm³/mol. The molecule has 1 aliphatic carbocycles. The van der Waals surface area contributed by atoms with Crippen molar-refractivity contribution in [3.63, 3.8) is 0 Å². The summed E-state index contributed by atoms with van der Waals surface area (Å²) in [5.41, 5.74) is 0.429. The van der Waals surface area contributed by atoms with Crippen LogP contribution in [0.15, 0.2) is 30.5 Å². The number of rotatable bonds is 10. The van der Waals surface area contributed by atoms with E-state index in [0.29, 0.717) is 56.8 Å². The fraction of sp³-hybridized carbons (Fsp3) is 0.556. The molecule has 1 aromatic heterocycles. The number of aromatic nitrogens is 1. The molecular weight excluding hydrogens is 464 g/mol. The van der Waals surface area contributed by atoms with Crippen LogP contribution in [0.4, 0.5) is 20.3 Å². The standard InChI is InChI=1S/C27H35F2N5O2/c1-35-13-10-31-19-2-4-20(5-3-19)34-26-15-23(25(29)16-32-26)22-14-21(6-7-24(22)28)33-18-27(17-30)8-11-36-12-9-27/h6-7,14-16,19-20,31,33H,2-5,8-13,18H2,1H3,(H,32,34). The molecule has 2 aliphatic rings. The van der Waals surface area contributed by atoms with Crippen LogP contribution in [0.25, 0.3) is 11.1 Å². The molecule has 0 atom stereocenters. The zero-order chi connectivity index (χ0) is 25.4. The third-order valence-corrected chi connectivity index (χ3v) is 7.25. The summed E-state index contributed by atoms with van der Waals surface area (Å²) < 4.78 is 40.1. The summed E-state index contributed by atoms with van der Waals surface area (Å²) in [6.45, 7) is 3.06.